The molecule has 1 aliphatic carbocycles. The molecule has 1 rings (SSSR count). The summed E-state index contributed by atoms with van der Waals surface area (Å²) in [6.45, 7) is 7.02. The molecule has 0 aromatic rings. The van der Waals surface area contributed by atoms with Gasteiger partial charge >= 0.3 is 0 Å². The molecule has 1 fully saturated rings. The number of rotatable bonds is 3. The fraction of sp³-hybridized carbons (Fsp3) is 0.900. The molecule has 1 radical (unpaired) electrons. The van der Waals surface area contributed by atoms with Crippen LogP contribution in [0.2, 0.25) is 0 Å². The van der Waals surface area contributed by atoms with Crippen LogP contribution >= 0.6 is 0 Å². The summed E-state index contributed by atoms with van der Waals surface area (Å²) >= 11 is 0. The molecule has 1 atom stereocenters. The maximum atomic E-state index is 2.37. The smallest absolute Gasteiger partial charge is 0.0238 e. The lowest BCUT2D eigenvalue weighted by Crippen LogP contribution is -2.15. The zero-order valence-corrected chi connectivity index (χ0v) is 7.48. The number of hydrogen-bond acceptors (Lipinski definition) is 0. The van der Waals surface area contributed by atoms with Crippen LogP contribution in [0.4, 0.5) is 0 Å². The topological polar surface area (TPSA) is 0 Å². The molecule has 0 N–H and O–H groups in total. The Hall–Kier alpha value is 0. The molecule has 0 aromatic carbocycles. The Labute approximate surface area is 65.0 Å². The van der Waals surface area contributed by atoms with Crippen LogP contribution in [0.25, 0.3) is 0 Å². The minimum Gasteiger partial charge on any atom is -0.0625 e. The van der Waals surface area contributed by atoms with Gasteiger partial charge in [-0.25, -0.2) is 0 Å². The van der Waals surface area contributed by atoms with E-state index in [0.29, 0.717) is 0 Å². The fourth-order valence-corrected chi connectivity index (χ4v) is 1.32. The second-order valence-corrected chi connectivity index (χ2v) is 4.03. The molecular weight excluding hydrogens is 120 g/mol. The van der Waals surface area contributed by atoms with Crippen molar-refractivity contribution in [3.8, 4) is 0 Å². The zero-order valence-electron chi connectivity index (χ0n) is 7.48. The molecule has 1 aliphatic rings. The van der Waals surface area contributed by atoms with E-state index in [2.05, 4.69) is 20.8 Å². The molecule has 10 heavy (non-hydrogen) atoms. The molecule has 0 heteroatoms. The average molecular weight is 139 g/mol. The predicted molar refractivity (Wildman–Crippen MR) is 45.7 cm³/mol. The molecular formula is C10H19. The molecule has 0 nitrogen and oxygen atoms in total. The Morgan fingerprint density at radius 1 is 1.20 bits per heavy atom. The summed E-state index contributed by atoms with van der Waals surface area (Å²) in [6.07, 6.45) is 5.71. The van der Waals surface area contributed by atoms with E-state index in [1.165, 1.54) is 25.7 Å². The van der Waals surface area contributed by atoms with E-state index >= 15 is 0 Å². The van der Waals surface area contributed by atoms with Gasteiger partial charge in [0, 0.05) is 0 Å². The van der Waals surface area contributed by atoms with Crippen molar-refractivity contribution in [2.24, 2.45) is 11.8 Å². The third kappa shape index (κ3) is 2.00. The van der Waals surface area contributed by atoms with Crippen LogP contribution in [0.5, 0.6) is 0 Å². The van der Waals surface area contributed by atoms with Crippen LogP contribution in [0, 0.1) is 17.8 Å². The van der Waals surface area contributed by atoms with E-state index < -0.39 is 0 Å². The minimum atomic E-state index is 0.869. The van der Waals surface area contributed by atoms with Crippen LogP contribution in [0.15, 0.2) is 0 Å². The molecule has 0 aliphatic heterocycles. The van der Waals surface area contributed by atoms with Gasteiger partial charge < -0.3 is 0 Å². The summed E-state index contributed by atoms with van der Waals surface area (Å²) in [7, 11) is 0. The molecule has 0 heterocycles. The van der Waals surface area contributed by atoms with Gasteiger partial charge in [-0.15, -0.1) is 0 Å². The van der Waals surface area contributed by atoms with Crippen molar-refractivity contribution in [3.63, 3.8) is 0 Å². The molecule has 0 saturated heterocycles. The van der Waals surface area contributed by atoms with Gasteiger partial charge in [-0.1, -0.05) is 27.2 Å². The van der Waals surface area contributed by atoms with Crippen molar-refractivity contribution in [2.75, 3.05) is 0 Å². The lowest BCUT2D eigenvalue weighted by Gasteiger charge is -2.29. The van der Waals surface area contributed by atoms with Gasteiger partial charge in [-0.2, -0.15) is 0 Å². The van der Waals surface area contributed by atoms with Crippen LogP contribution in [0.1, 0.15) is 46.5 Å². The lowest BCUT2D eigenvalue weighted by atomic mass is 9.77. The fourth-order valence-electron chi connectivity index (χ4n) is 1.32. The Kier molecular flexibility index (Phi) is 2.76. The summed E-state index contributed by atoms with van der Waals surface area (Å²) < 4.78 is 0. The summed E-state index contributed by atoms with van der Waals surface area (Å²) in [4.78, 5) is 0. The highest BCUT2D eigenvalue weighted by atomic mass is 14.3. The van der Waals surface area contributed by atoms with Crippen molar-refractivity contribution in [2.45, 2.75) is 46.5 Å². The summed E-state index contributed by atoms with van der Waals surface area (Å²) in [5.41, 5.74) is 0. The van der Waals surface area contributed by atoms with E-state index in [-0.39, 0.29) is 0 Å². The Balaban J connectivity index is 2.10. The van der Waals surface area contributed by atoms with Gasteiger partial charge in [0.15, 0.2) is 0 Å². The average Bonchev–Trinajstić information content (AvgIpc) is 1.77. The first-order valence-electron chi connectivity index (χ1n) is 4.53. The third-order valence-electron chi connectivity index (χ3n) is 2.81. The maximum absolute atomic E-state index is 2.37. The van der Waals surface area contributed by atoms with E-state index in [9.17, 15) is 0 Å². The standard InChI is InChI=1S/C10H19/c1-8(2)9(3)7-10-5-4-6-10/h8-9H,4-7H2,1-3H3. The molecule has 0 aromatic heterocycles. The Morgan fingerprint density at radius 3 is 2.10 bits per heavy atom. The van der Waals surface area contributed by atoms with Crippen LogP contribution < -0.4 is 0 Å². The summed E-state index contributed by atoms with van der Waals surface area (Å²) in [6, 6.07) is 0. The SMILES string of the molecule is CC(C)C(C)C[C]1CCC1. The molecule has 0 spiro atoms. The van der Waals surface area contributed by atoms with Gasteiger partial charge in [0.2, 0.25) is 0 Å². The molecule has 1 saturated carbocycles. The highest BCUT2D eigenvalue weighted by Crippen LogP contribution is 2.35. The van der Waals surface area contributed by atoms with Gasteiger partial charge in [-0.05, 0) is 37.0 Å². The lowest BCUT2D eigenvalue weighted by molar-refractivity contribution is 0.355. The molecule has 59 valence electrons. The second kappa shape index (κ2) is 3.41. The van der Waals surface area contributed by atoms with Gasteiger partial charge in [0.1, 0.15) is 0 Å². The van der Waals surface area contributed by atoms with Crippen molar-refractivity contribution < 1.29 is 0 Å². The summed E-state index contributed by atoms with van der Waals surface area (Å²) in [5.74, 6) is 3.60. The monoisotopic (exact) mass is 139 g/mol. The maximum Gasteiger partial charge on any atom is -0.0238 e. The van der Waals surface area contributed by atoms with Crippen LogP contribution in [0.3, 0.4) is 0 Å². The first-order chi connectivity index (χ1) is 4.70. The van der Waals surface area contributed by atoms with Gasteiger partial charge in [-0.3, -0.25) is 0 Å². The minimum absolute atomic E-state index is 0.869. The quantitative estimate of drug-likeness (QED) is 0.562. The van der Waals surface area contributed by atoms with Crippen molar-refractivity contribution in [1.29, 1.82) is 0 Å². The Morgan fingerprint density at radius 2 is 1.80 bits per heavy atom. The van der Waals surface area contributed by atoms with Crippen molar-refractivity contribution in [1.82, 2.24) is 0 Å². The van der Waals surface area contributed by atoms with E-state index in [1.54, 1.807) is 0 Å². The van der Waals surface area contributed by atoms with Crippen LogP contribution in [-0.2, 0) is 0 Å². The largest absolute Gasteiger partial charge is 0.0625 e. The van der Waals surface area contributed by atoms with Crippen molar-refractivity contribution in [3.05, 3.63) is 5.92 Å². The number of hydrogen-bond donors (Lipinski definition) is 0. The second-order valence-electron chi connectivity index (χ2n) is 4.03. The van der Waals surface area contributed by atoms with Gasteiger partial charge in [0.05, 0.1) is 0 Å². The first kappa shape index (κ1) is 8.10. The highest BCUT2D eigenvalue weighted by Gasteiger charge is 2.21. The molecule has 0 amide bonds. The predicted octanol–water partition coefficient (Wildman–Crippen LogP) is 3.43. The normalized spacial score (nSPS) is 22.8. The molecule has 0 bridgehead atoms. The Bertz CT molecular complexity index is 90.2. The highest BCUT2D eigenvalue weighted by molar-refractivity contribution is 4.99. The third-order valence-corrected chi connectivity index (χ3v) is 2.81. The summed E-state index contributed by atoms with van der Waals surface area (Å²) in [5, 5.41) is 0. The van der Waals surface area contributed by atoms with Crippen molar-refractivity contribution >= 4 is 0 Å². The zero-order chi connectivity index (χ0) is 7.56. The van der Waals surface area contributed by atoms with E-state index in [0.717, 1.165) is 11.8 Å². The van der Waals surface area contributed by atoms with Gasteiger partial charge in [0.25, 0.3) is 0 Å². The first-order valence-corrected chi connectivity index (χ1v) is 4.53. The van der Waals surface area contributed by atoms with Crippen LogP contribution in [-0.4, -0.2) is 0 Å². The van der Waals surface area contributed by atoms with E-state index in [4.69, 9.17) is 0 Å². The molecule has 1 unspecified atom stereocenters. The van der Waals surface area contributed by atoms with E-state index in [1.807, 2.05) is 5.92 Å².